The van der Waals surface area contributed by atoms with E-state index >= 15 is 0 Å². The number of benzene rings is 2. The molecule has 0 spiro atoms. The van der Waals surface area contributed by atoms with Crippen LogP contribution in [0.5, 0.6) is 0 Å². The van der Waals surface area contributed by atoms with Crippen molar-refractivity contribution in [1.29, 1.82) is 0 Å². The molecule has 0 N–H and O–H groups in total. The first-order valence-electron chi connectivity index (χ1n) is 11.4. The first-order chi connectivity index (χ1) is 16.9. The molecule has 3 heterocycles. The molecule has 2 aliphatic heterocycles. The van der Waals surface area contributed by atoms with Gasteiger partial charge in [0.1, 0.15) is 6.54 Å². The molecule has 5 rings (SSSR count). The van der Waals surface area contributed by atoms with Gasteiger partial charge in [0.25, 0.3) is 11.1 Å². The molecule has 0 radical (unpaired) electrons. The Hall–Kier alpha value is -3.07. The van der Waals surface area contributed by atoms with Crippen LogP contribution in [0, 0.1) is 6.92 Å². The number of ether oxygens (including phenoxy) is 1. The molecule has 0 bridgehead atoms. The minimum Gasteiger partial charge on any atom is -0.378 e. The summed E-state index contributed by atoms with van der Waals surface area (Å²) in [4.78, 5) is 41.4. The van der Waals surface area contributed by atoms with Crippen molar-refractivity contribution in [3.8, 4) is 0 Å². The highest BCUT2D eigenvalue weighted by Gasteiger charge is 2.37. The molecule has 0 aliphatic carbocycles. The quantitative estimate of drug-likeness (QED) is 0.472. The molecule has 0 atom stereocenters. The van der Waals surface area contributed by atoms with Gasteiger partial charge in [-0.1, -0.05) is 48.0 Å². The van der Waals surface area contributed by atoms with Crippen LogP contribution in [0.4, 0.5) is 4.79 Å². The Morgan fingerprint density at radius 1 is 1.09 bits per heavy atom. The molecule has 0 saturated carbocycles. The average molecular weight is 510 g/mol. The van der Waals surface area contributed by atoms with Crippen LogP contribution in [0.15, 0.2) is 53.4 Å². The number of imide groups is 1. The summed E-state index contributed by atoms with van der Waals surface area (Å²) < 4.78 is 7.44. The lowest BCUT2D eigenvalue weighted by Crippen LogP contribution is -2.46. The summed E-state index contributed by atoms with van der Waals surface area (Å²) in [6, 6.07) is 15.7. The number of halogens is 1. The van der Waals surface area contributed by atoms with Crippen LogP contribution in [0.2, 0.25) is 5.02 Å². The maximum Gasteiger partial charge on any atom is 0.294 e. The lowest BCUT2D eigenvalue weighted by molar-refractivity contribution is -0.139. The maximum atomic E-state index is 13.1. The number of para-hydroxylation sites is 1. The van der Waals surface area contributed by atoms with E-state index in [-0.39, 0.29) is 12.5 Å². The molecular formula is C26H24ClN3O4S. The minimum absolute atomic E-state index is 0.246. The normalized spacial score (nSPS) is 17.7. The Labute approximate surface area is 212 Å². The van der Waals surface area contributed by atoms with Crippen LogP contribution in [-0.4, -0.2) is 64.3 Å². The van der Waals surface area contributed by atoms with Crippen LogP contribution in [-0.2, 0) is 20.9 Å². The van der Waals surface area contributed by atoms with Crippen molar-refractivity contribution in [3.05, 3.63) is 75.3 Å². The van der Waals surface area contributed by atoms with E-state index in [2.05, 4.69) is 4.57 Å². The van der Waals surface area contributed by atoms with E-state index in [9.17, 15) is 14.4 Å². The Morgan fingerprint density at radius 2 is 1.80 bits per heavy atom. The van der Waals surface area contributed by atoms with Gasteiger partial charge in [-0.25, -0.2) is 0 Å². The van der Waals surface area contributed by atoms with E-state index in [0.717, 1.165) is 44.4 Å². The number of carbonyl (C=O) groups is 3. The zero-order valence-electron chi connectivity index (χ0n) is 19.2. The van der Waals surface area contributed by atoms with Gasteiger partial charge in [0.05, 0.1) is 18.1 Å². The van der Waals surface area contributed by atoms with Crippen molar-refractivity contribution in [2.45, 2.75) is 13.5 Å². The number of carbonyl (C=O) groups excluding carboxylic acids is 3. The number of nitrogens with zero attached hydrogens (tertiary/aromatic N) is 3. The van der Waals surface area contributed by atoms with Crippen LogP contribution < -0.4 is 0 Å². The van der Waals surface area contributed by atoms with E-state index in [0.29, 0.717) is 42.8 Å². The van der Waals surface area contributed by atoms with Crippen LogP contribution in [0.3, 0.4) is 0 Å². The Morgan fingerprint density at radius 3 is 2.57 bits per heavy atom. The number of amides is 3. The van der Waals surface area contributed by atoms with E-state index in [1.165, 1.54) is 0 Å². The van der Waals surface area contributed by atoms with Crippen LogP contribution in [0.25, 0.3) is 17.0 Å². The van der Waals surface area contributed by atoms with E-state index in [1.54, 1.807) is 11.0 Å². The van der Waals surface area contributed by atoms with Gasteiger partial charge in [0, 0.05) is 46.8 Å². The summed E-state index contributed by atoms with van der Waals surface area (Å²) in [5, 5.41) is 1.24. The van der Waals surface area contributed by atoms with Crippen molar-refractivity contribution in [1.82, 2.24) is 14.4 Å². The molecule has 35 heavy (non-hydrogen) atoms. The third kappa shape index (κ3) is 4.61. The Bertz CT molecular complexity index is 1360. The van der Waals surface area contributed by atoms with Crippen molar-refractivity contribution >= 4 is 57.4 Å². The summed E-state index contributed by atoms with van der Waals surface area (Å²) in [6.45, 7) is 4.18. The largest absolute Gasteiger partial charge is 0.378 e. The smallest absolute Gasteiger partial charge is 0.294 e. The minimum atomic E-state index is -0.441. The molecule has 2 aromatic carbocycles. The van der Waals surface area contributed by atoms with Gasteiger partial charge in [0.2, 0.25) is 5.91 Å². The van der Waals surface area contributed by atoms with Gasteiger partial charge >= 0.3 is 0 Å². The monoisotopic (exact) mass is 509 g/mol. The molecule has 2 aliphatic rings. The second-order valence-electron chi connectivity index (χ2n) is 8.45. The third-order valence-electron chi connectivity index (χ3n) is 6.37. The number of fused-ring (bicyclic) bond motifs is 1. The van der Waals surface area contributed by atoms with Gasteiger partial charge < -0.3 is 14.2 Å². The fourth-order valence-corrected chi connectivity index (χ4v) is 5.47. The second-order valence-corrected chi connectivity index (χ2v) is 9.86. The van der Waals surface area contributed by atoms with E-state index < -0.39 is 11.1 Å². The number of hydrogen-bond acceptors (Lipinski definition) is 5. The Balaban J connectivity index is 1.45. The summed E-state index contributed by atoms with van der Waals surface area (Å²) in [5.41, 5.74) is 3.84. The lowest BCUT2D eigenvalue weighted by Gasteiger charge is -2.28. The second kappa shape index (κ2) is 9.89. The highest BCUT2D eigenvalue weighted by Crippen LogP contribution is 2.36. The number of thioether (sulfide) groups is 1. The van der Waals surface area contributed by atoms with Crippen molar-refractivity contribution in [2.24, 2.45) is 0 Å². The number of hydrogen-bond donors (Lipinski definition) is 0. The molecule has 2 saturated heterocycles. The molecule has 180 valence electrons. The number of aromatic nitrogens is 1. The predicted molar refractivity (Wildman–Crippen MR) is 137 cm³/mol. The van der Waals surface area contributed by atoms with Crippen molar-refractivity contribution in [3.63, 3.8) is 0 Å². The zero-order chi connectivity index (χ0) is 24.5. The van der Waals surface area contributed by atoms with Crippen molar-refractivity contribution < 1.29 is 19.1 Å². The van der Waals surface area contributed by atoms with Gasteiger partial charge in [-0.2, -0.15) is 0 Å². The third-order valence-corrected chi connectivity index (χ3v) is 7.65. The average Bonchev–Trinajstić information content (AvgIpc) is 3.29. The maximum absolute atomic E-state index is 13.1. The fraction of sp³-hybridized carbons (Fsp3) is 0.269. The first-order valence-corrected chi connectivity index (χ1v) is 12.6. The molecule has 2 fully saturated rings. The van der Waals surface area contributed by atoms with Crippen LogP contribution >= 0.6 is 23.4 Å². The number of rotatable bonds is 5. The molecule has 3 amide bonds. The molecule has 1 aromatic heterocycles. The summed E-state index contributed by atoms with van der Waals surface area (Å²) in [7, 11) is 0. The highest BCUT2D eigenvalue weighted by atomic mass is 35.5. The lowest BCUT2D eigenvalue weighted by atomic mass is 10.1. The fourth-order valence-electron chi connectivity index (χ4n) is 4.46. The van der Waals surface area contributed by atoms with E-state index in [1.807, 2.05) is 55.5 Å². The SMILES string of the molecule is Cc1c(/C=C2\SC(=O)N(CC(=O)N3CCOCC3)C2=O)c2ccccc2n1Cc1ccccc1Cl. The topological polar surface area (TPSA) is 71.9 Å². The number of morpholine rings is 1. The van der Waals surface area contributed by atoms with Gasteiger partial charge in [-0.3, -0.25) is 19.3 Å². The molecular weight excluding hydrogens is 486 g/mol. The summed E-state index contributed by atoms with van der Waals surface area (Å²) >= 11 is 7.29. The molecule has 9 heteroatoms. The molecule has 3 aromatic rings. The predicted octanol–water partition coefficient (Wildman–Crippen LogP) is 4.55. The van der Waals surface area contributed by atoms with Gasteiger partial charge in [0.15, 0.2) is 0 Å². The highest BCUT2D eigenvalue weighted by molar-refractivity contribution is 8.18. The summed E-state index contributed by atoms with van der Waals surface area (Å²) in [5.74, 6) is -0.687. The standard InChI is InChI=1S/C26H24ClN3O4S/c1-17-20(19-7-3-5-9-22(19)29(17)15-18-6-2-4-8-21(18)27)14-23-25(32)30(26(33)35-23)16-24(31)28-10-12-34-13-11-28/h2-9,14H,10-13,15-16H2,1H3/b23-14-. The molecule has 0 unspecified atom stereocenters. The summed E-state index contributed by atoms with van der Waals surface area (Å²) in [6.07, 6.45) is 1.77. The van der Waals surface area contributed by atoms with Gasteiger partial charge in [-0.05, 0) is 42.5 Å². The van der Waals surface area contributed by atoms with Crippen LogP contribution in [0.1, 0.15) is 16.8 Å². The van der Waals surface area contributed by atoms with Crippen molar-refractivity contribution in [2.75, 3.05) is 32.8 Å². The van der Waals surface area contributed by atoms with E-state index in [4.69, 9.17) is 16.3 Å². The first kappa shape index (κ1) is 23.7. The Kier molecular flexibility index (Phi) is 6.69. The molecule has 7 nitrogen and oxygen atoms in total. The van der Waals surface area contributed by atoms with Gasteiger partial charge in [-0.15, -0.1) is 0 Å². The zero-order valence-corrected chi connectivity index (χ0v) is 20.8.